The van der Waals surface area contributed by atoms with Crippen LogP contribution < -0.4 is 0 Å². The van der Waals surface area contributed by atoms with Gasteiger partial charge in [0.2, 0.25) is 0 Å². The Balaban J connectivity index is 1.29. The molecule has 9 rings (SSSR count). The van der Waals surface area contributed by atoms with Gasteiger partial charge in [-0.1, -0.05) is 79.7 Å². The SMILES string of the molecule is CN1C[C@H](c2ccccc2)[C@@]2(C[C@H]3[C@@H]4CCc5cc(O)ccc5[C@H]4CC[C@]3(C)C2=O)[C@@]12C(=O)c1cccc3cccc2c13. The lowest BCUT2D eigenvalue weighted by Crippen LogP contribution is -2.57. The first-order chi connectivity index (χ1) is 20.8. The second-order valence-corrected chi connectivity index (χ2v) is 14.4. The molecule has 4 aromatic rings. The Kier molecular flexibility index (Phi) is 5.05. The maximum atomic E-state index is 15.7. The van der Waals surface area contributed by atoms with E-state index in [2.05, 4.69) is 73.5 Å². The number of phenols is 1. The number of rotatable bonds is 1. The molecule has 1 aliphatic heterocycles. The molecule has 4 aliphatic carbocycles. The van der Waals surface area contributed by atoms with Crippen LogP contribution in [0.1, 0.15) is 77.1 Å². The summed E-state index contributed by atoms with van der Waals surface area (Å²) in [5.74, 6) is 1.65. The number of ketones is 2. The maximum Gasteiger partial charge on any atom is 0.189 e. The second kappa shape index (κ2) is 8.45. The average molecular weight is 568 g/mol. The Hall–Kier alpha value is -3.76. The third-order valence-corrected chi connectivity index (χ3v) is 12.9. The van der Waals surface area contributed by atoms with Crippen molar-refractivity contribution in [2.24, 2.45) is 22.7 Å². The summed E-state index contributed by atoms with van der Waals surface area (Å²) in [4.78, 5) is 33.2. The summed E-state index contributed by atoms with van der Waals surface area (Å²) in [7, 11) is 2.09. The van der Waals surface area contributed by atoms with Crippen LogP contribution in [0.4, 0.5) is 0 Å². The molecule has 0 amide bonds. The van der Waals surface area contributed by atoms with E-state index in [9.17, 15) is 5.11 Å². The van der Waals surface area contributed by atoms with Gasteiger partial charge in [0.15, 0.2) is 5.78 Å². The minimum absolute atomic E-state index is 0.0755. The number of hydrogen-bond acceptors (Lipinski definition) is 4. The van der Waals surface area contributed by atoms with E-state index in [4.69, 9.17) is 0 Å². The number of Topliss-reactive ketones (excluding diaryl/α,β-unsaturated/α-hetero) is 2. The molecular formula is C39H37NO3. The molecule has 2 spiro atoms. The molecule has 7 atom stereocenters. The van der Waals surface area contributed by atoms with E-state index >= 15 is 9.59 Å². The number of nitrogens with zero attached hydrogens (tertiary/aromatic N) is 1. The first-order valence-electron chi connectivity index (χ1n) is 16.0. The number of phenolic OH excluding ortho intramolecular Hbond substituents is 1. The molecule has 1 N–H and O–H groups in total. The summed E-state index contributed by atoms with van der Waals surface area (Å²) in [5, 5.41) is 12.3. The van der Waals surface area contributed by atoms with E-state index in [1.165, 1.54) is 16.7 Å². The Labute approximate surface area is 252 Å². The Morgan fingerprint density at radius 3 is 2.51 bits per heavy atom. The zero-order valence-electron chi connectivity index (χ0n) is 24.8. The van der Waals surface area contributed by atoms with Gasteiger partial charge in [0, 0.05) is 23.4 Å². The summed E-state index contributed by atoms with van der Waals surface area (Å²) in [6.45, 7) is 2.92. The Morgan fingerprint density at radius 1 is 0.907 bits per heavy atom. The van der Waals surface area contributed by atoms with E-state index in [0.717, 1.165) is 54.0 Å². The number of aryl methyl sites for hydroxylation is 1. The van der Waals surface area contributed by atoms with Crippen LogP contribution in [0, 0.1) is 22.7 Å². The predicted molar refractivity (Wildman–Crippen MR) is 167 cm³/mol. The molecule has 2 saturated carbocycles. The van der Waals surface area contributed by atoms with Gasteiger partial charge in [-0.05, 0) is 102 Å². The number of carbonyl (C=O) groups excluding carboxylic acids is 2. The van der Waals surface area contributed by atoms with Crippen molar-refractivity contribution in [1.29, 1.82) is 0 Å². The average Bonchev–Trinajstić information content (AvgIpc) is 3.55. The summed E-state index contributed by atoms with van der Waals surface area (Å²) in [6, 6.07) is 28.9. The molecule has 0 radical (unpaired) electrons. The minimum Gasteiger partial charge on any atom is -0.508 e. The van der Waals surface area contributed by atoms with Crippen LogP contribution in [-0.2, 0) is 16.8 Å². The van der Waals surface area contributed by atoms with E-state index < -0.39 is 16.4 Å². The highest BCUT2D eigenvalue weighted by Crippen LogP contribution is 2.74. The fourth-order valence-electron chi connectivity index (χ4n) is 11.3. The zero-order valence-corrected chi connectivity index (χ0v) is 24.8. The molecule has 0 bridgehead atoms. The van der Waals surface area contributed by atoms with Crippen molar-refractivity contribution in [3.05, 3.63) is 113 Å². The number of hydrogen-bond donors (Lipinski definition) is 1. The van der Waals surface area contributed by atoms with Crippen molar-refractivity contribution >= 4 is 22.3 Å². The van der Waals surface area contributed by atoms with Crippen LogP contribution in [0.3, 0.4) is 0 Å². The smallest absolute Gasteiger partial charge is 0.189 e. The lowest BCUT2D eigenvalue weighted by Gasteiger charge is -2.48. The summed E-state index contributed by atoms with van der Waals surface area (Å²) < 4.78 is 0. The molecule has 3 fully saturated rings. The molecule has 4 aromatic carbocycles. The van der Waals surface area contributed by atoms with Gasteiger partial charge in [0.25, 0.3) is 0 Å². The van der Waals surface area contributed by atoms with E-state index in [0.29, 0.717) is 29.9 Å². The molecule has 43 heavy (non-hydrogen) atoms. The fraction of sp³-hybridized carbons (Fsp3) is 0.385. The lowest BCUT2D eigenvalue weighted by molar-refractivity contribution is -0.139. The highest BCUT2D eigenvalue weighted by molar-refractivity contribution is 6.23. The Morgan fingerprint density at radius 2 is 1.70 bits per heavy atom. The van der Waals surface area contributed by atoms with E-state index in [-0.39, 0.29) is 17.6 Å². The standard InChI is InChI=1S/C39H37NO3/c1-37-19-18-28-27-17-15-26(41)20-25(27)14-16-29(28)32(37)21-38(36(37)43)33(23-8-4-3-5-9-23)22-40(2)39(38)31-13-7-11-24-10-6-12-30(34(24)31)35(39)42/h3-13,15,17,20,28-29,32-33,41H,14,16,18-19,21-22H2,1-2H3/t28-,29-,32+,33-,37+,38-,39-/m1/s1. The quantitative estimate of drug-likeness (QED) is 0.261. The van der Waals surface area contributed by atoms with Gasteiger partial charge in [0.05, 0.1) is 5.41 Å². The minimum atomic E-state index is -1.03. The van der Waals surface area contributed by atoms with Gasteiger partial charge in [-0.3, -0.25) is 14.5 Å². The summed E-state index contributed by atoms with van der Waals surface area (Å²) >= 11 is 0. The van der Waals surface area contributed by atoms with Gasteiger partial charge in [-0.2, -0.15) is 0 Å². The van der Waals surface area contributed by atoms with Crippen LogP contribution in [0.15, 0.2) is 84.9 Å². The van der Waals surface area contributed by atoms with Crippen LogP contribution >= 0.6 is 0 Å². The highest BCUT2D eigenvalue weighted by atomic mass is 16.3. The normalized spacial score (nSPS) is 36.0. The molecule has 1 saturated heterocycles. The lowest BCUT2D eigenvalue weighted by atomic mass is 9.55. The van der Waals surface area contributed by atoms with E-state index in [1.807, 2.05) is 30.3 Å². The second-order valence-electron chi connectivity index (χ2n) is 14.4. The zero-order chi connectivity index (χ0) is 29.3. The topological polar surface area (TPSA) is 57.6 Å². The first-order valence-corrected chi connectivity index (χ1v) is 16.0. The van der Waals surface area contributed by atoms with Gasteiger partial charge in [-0.25, -0.2) is 0 Å². The molecule has 0 aromatic heterocycles. The predicted octanol–water partition coefficient (Wildman–Crippen LogP) is 7.39. The van der Waals surface area contributed by atoms with Crippen molar-refractivity contribution in [3.8, 4) is 5.75 Å². The number of likely N-dealkylation sites (tertiary alicyclic amines) is 1. The van der Waals surface area contributed by atoms with Gasteiger partial charge in [0.1, 0.15) is 17.1 Å². The van der Waals surface area contributed by atoms with Crippen LogP contribution in [0.5, 0.6) is 5.75 Å². The van der Waals surface area contributed by atoms with Crippen molar-refractivity contribution in [1.82, 2.24) is 4.90 Å². The van der Waals surface area contributed by atoms with Crippen molar-refractivity contribution in [2.45, 2.75) is 56.4 Å². The molecule has 1 heterocycles. The molecular weight excluding hydrogens is 530 g/mol. The van der Waals surface area contributed by atoms with Crippen LogP contribution in [-0.4, -0.2) is 35.2 Å². The third kappa shape index (κ3) is 2.87. The van der Waals surface area contributed by atoms with Gasteiger partial charge < -0.3 is 5.11 Å². The number of aromatic hydroxyl groups is 1. The number of carbonyl (C=O) groups is 2. The fourth-order valence-corrected chi connectivity index (χ4v) is 11.3. The number of fused-ring (bicyclic) bond motifs is 7. The molecule has 0 unspecified atom stereocenters. The van der Waals surface area contributed by atoms with Crippen LogP contribution in [0.2, 0.25) is 0 Å². The van der Waals surface area contributed by atoms with Crippen molar-refractivity contribution < 1.29 is 14.7 Å². The third-order valence-electron chi connectivity index (χ3n) is 12.9. The largest absolute Gasteiger partial charge is 0.508 e. The van der Waals surface area contributed by atoms with Crippen molar-refractivity contribution in [2.75, 3.05) is 13.6 Å². The van der Waals surface area contributed by atoms with E-state index in [1.54, 1.807) is 0 Å². The monoisotopic (exact) mass is 567 g/mol. The molecule has 4 heteroatoms. The Bertz CT molecular complexity index is 1860. The molecule has 4 nitrogen and oxygen atoms in total. The van der Waals surface area contributed by atoms with Crippen LogP contribution in [0.25, 0.3) is 10.8 Å². The molecule has 5 aliphatic rings. The highest BCUT2D eigenvalue weighted by Gasteiger charge is 2.79. The van der Waals surface area contributed by atoms with Gasteiger partial charge >= 0.3 is 0 Å². The van der Waals surface area contributed by atoms with Crippen molar-refractivity contribution in [3.63, 3.8) is 0 Å². The number of likely N-dealkylation sites (N-methyl/N-ethyl adjacent to an activating group) is 1. The molecule has 216 valence electrons. The van der Waals surface area contributed by atoms with Gasteiger partial charge in [-0.15, -0.1) is 0 Å². The summed E-state index contributed by atoms with van der Waals surface area (Å²) in [6.07, 6.45) is 4.49. The summed E-state index contributed by atoms with van der Waals surface area (Å²) in [5.41, 5.74) is 3.21. The number of benzene rings is 4. The maximum absolute atomic E-state index is 15.7. The first kappa shape index (κ1) is 25.7.